The molecule has 1 aliphatic heterocycles. The molecule has 0 unspecified atom stereocenters. The van der Waals surface area contributed by atoms with Crippen LogP contribution in [-0.2, 0) is 11.2 Å². The number of para-hydroxylation sites is 1. The summed E-state index contributed by atoms with van der Waals surface area (Å²) >= 11 is 3.21. The van der Waals surface area contributed by atoms with Crippen LogP contribution in [-0.4, -0.2) is 52.8 Å². The fraction of sp³-hybridized carbons (Fsp3) is 0.333. The Morgan fingerprint density at radius 2 is 1.79 bits per heavy atom. The highest BCUT2D eigenvalue weighted by atomic mass is 79.9. The molecule has 2 amide bonds. The van der Waals surface area contributed by atoms with Crippen LogP contribution in [0.25, 0.3) is 10.9 Å². The molecule has 3 aromatic rings. The number of benzene rings is 1. The number of amides is 2. The molecule has 3 heterocycles. The molecule has 4 rings (SSSR count). The summed E-state index contributed by atoms with van der Waals surface area (Å²) in [6.45, 7) is 2.20. The first-order chi connectivity index (χ1) is 13.6. The summed E-state index contributed by atoms with van der Waals surface area (Å²) in [5.41, 5.74) is 2.39. The van der Waals surface area contributed by atoms with Crippen LogP contribution in [0.5, 0.6) is 0 Å². The van der Waals surface area contributed by atoms with Gasteiger partial charge in [0.05, 0.1) is 0 Å². The Hall–Kier alpha value is -2.54. The Bertz CT molecular complexity index is 986. The van der Waals surface area contributed by atoms with Crippen LogP contribution >= 0.6 is 15.9 Å². The lowest BCUT2D eigenvalue weighted by molar-refractivity contribution is -0.132. The van der Waals surface area contributed by atoms with Crippen LogP contribution in [0.3, 0.4) is 0 Å². The molecule has 1 N–H and O–H groups in total. The highest BCUT2D eigenvalue weighted by molar-refractivity contribution is 9.10. The second-order valence-electron chi connectivity index (χ2n) is 6.99. The fourth-order valence-electron chi connectivity index (χ4n) is 3.67. The van der Waals surface area contributed by atoms with Crippen molar-refractivity contribution in [3.63, 3.8) is 0 Å². The van der Waals surface area contributed by atoms with E-state index < -0.39 is 0 Å². The van der Waals surface area contributed by atoms with Crippen LogP contribution in [0.2, 0.25) is 0 Å². The van der Waals surface area contributed by atoms with Gasteiger partial charge in [-0.3, -0.25) is 9.59 Å². The van der Waals surface area contributed by atoms with E-state index in [1.54, 1.807) is 17.0 Å². The number of hydrogen-bond acceptors (Lipinski definition) is 3. The average molecular weight is 444 g/mol. The first kappa shape index (κ1) is 18.8. The van der Waals surface area contributed by atoms with E-state index in [2.05, 4.69) is 33.0 Å². The van der Waals surface area contributed by atoms with E-state index in [1.807, 2.05) is 23.2 Å². The first-order valence-corrected chi connectivity index (χ1v) is 10.3. The van der Waals surface area contributed by atoms with Gasteiger partial charge < -0.3 is 19.2 Å². The van der Waals surface area contributed by atoms with Gasteiger partial charge in [-0.1, -0.05) is 18.2 Å². The van der Waals surface area contributed by atoms with Crippen molar-refractivity contribution in [1.29, 1.82) is 0 Å². The first-order valence-electron chi connectivity index (χ1n) is 9.49. The van der Waals surface area contributed by atoms with Crippen LogP contribution < -0.4 is 0 Å². The molecule has 1 saturated heterocycles. The summed E-state index contributed by atoms with van der Waals surface area (Å²) in [6.07, 6.45) is 4.26. The number of hydrogen-bond donors (Lipinski definition) is 1. The van der Waals surface area contributed by atoms with Crippen molar-refractivity contribution in [3.8, 4) is 0 Å². The number of nitrogens with zero attached hydrogens (tertiary/aromatic N) is 2. The van der Waals surface area contributed by atoms with E-state index in [9.17, 15) is 9.59 Å². The van der Waals surface area contributed by atoms with Gasteiger partial charge in [-0.2, -0.15) is 0 Å². The summed E-state index contributed by atoms with van der Waals surface area (Å²) in [6, 6.07) is 11.6. The molecule has 28 heavy (non-hydrogen) atoms. The number of furan rings is 1. The molecule has 0 atom stereocenters. The van der Waals surface area contributed by atoms with E-state index in [-0.39, 0.29) is 11.8 Å². The fourth-order valence-corrected chi connectivity index (χ4v) is 3.98. The predicted octanol–water partition coefficient (Wildman–Crippen LogP) is 3.83. The summed E-state index contributed by atoms with van der Waals surface area (Å²) < 4.78 is 5.88. The SMILES string of the molecule is O=C(CCCc1c[nH]c2ccccc12)N1CCN(C(=O)c2ccc(Br)o2)CC1. The van der Waals surface area contributed by atoms with Crippen molar-refractivity contribution in [3.05, 3.63) is 58.6 Å². The number of piperazine rings is 1. The maximum Gasteiger partial charge on any atom is 0.289 e. The van der Waals surface area contributed by atoms with Gasteiger partial charge in [0.1, 0.15) is 0 Å². The third-order valence-electron chi connectivity index (χ3n) is 5.22. The number of H-pyrrole nitrogens is 1. The number of carbonyl (C=O) groups is 2. The predicted molar refractivity (Wildman–Crippen MR) is 110 cm³/mol. The maximum atomic E-state index is 12.5. The van der Waals surface area contributed by atoms with Gasteiger partial charge in [-0.25, -0.2) is 0 Å². The zero-order chi connectivity index (χ0) is 19.5. The van der Waals surface area contributed by atoms with E-state index in [0.717, 1.165) is 18.4 Å². The van der Waals surface area contributed by atoms with Crippen molar-refractivity contribution >= 4 is 38.6 Å². The van der Waals surface area contributed by atoms with Crippen molar-refractivity contribution < 1.29 is 14.0 Å². The summed E-state index contributed by atoms with van der Waals surface area (Å²) in [4.78, 5) is 31.8. The molecule has 0 bridgehead atoms. The summed E-state index contributed by atoms with van der Waals surface area (Å²) in [5, 5.41) is 1.23. The van der Waals surface area contributed by atoms with E-state index in [1.165, 1.54) is 10.9 Å². The van der Waals surface area contributed by atoms with Crippen LogP contribution in [0.1, 0.15) is 29.0 Å². The molecule has 0 radical (unpaired) electrons. The smallest absolute Gasteiger partial charge is 0.289 e. The van der Waals surface area contributed by atoms with Crippen molar-refractivity contribution in [2.45, 2.75) is 19.3 Å². The molecular formula is C21H22BrN3O3. The molecule has 7 heteroatoms. The third-order valence-corrected chi connectivity index (χ3v) is 5.64. The van der Waals surface area contributed by atoms with Crippen LogP contribution in [0.15, 0.2) is 51.7 Å². The third kappa shape index (κ3) is 3.99. The van der Waals surface area contributed by atoms with Crippen molar-refractivity contribution in [2.75, 3.05) is 26.2 Å². The summed E-state index contributed by atoms with van der Waals surface area (Å²) in [5.74, 6) is 0.357. The molecule has 1 fully saturated rings. The Balaban J connectivity index is 1.24. The molecule has 0 saturated carbocycles. The van der Waals surface area contributed by atoms with Gasteiger partial charge in [0.25, 0.3) is 5.91 Å². The standard InChI is InChI=1S/C21H22BrN3O3/c22-19-9-8-18(28-19)21(27)25-12-10-24(11-13-25)20(26)7-3-4-15-14-23-17-6-2-1-5-16(15)17/h1-2,5-6,8-9,14,23H,3-4,7,10-13H2. The average Bonchev–Trinajstić information content (AvgIpc) is 3.34. The van der Waals surface area contributed by atoms with Gasteiger partial charge >= 0.3 is 0 Å². The number of carbonyl (C=O) groups excluding carboxylic acids is 2. The van der Waals surface area contributed by atoms with Crippen molar-refractivity contribution in [1.82, 2.24) is 14.8 Å². The molecule has 1 aromatic carbocycles. The Morgan fingerprint density at radius 1 is 1.04 bits per heavy atom. The molecule has 2 aromatic heterocycles. The van der Waals surface area contributed by atoms with E-state index >= 15 is 0 Å². The number of nitrogens with one attached hydrogen (secondary N) is 1. The van der Waals surface area contributed by atoms with Gasteiger partial charge in [0.2, 0.25) is 5.91 Å². The van der Waals surface area contributed by atoms with E-state index in [0.29, 0.717) is 43.0 Å². The van der Waals surface area contributed by atoms with Gasteiger partial charge in [0, 0.05) is 49.7 Å². The Morgan fingerprint density at radius 3 is 2.54 bits per heavy atom. The van der Waals surface area contributed by atoms with Gasteiger partial charge in [0.15, 0.2) is 10.4 Å². The minimum Gasteiger partial charge on any atom is -0.444 e. The quantitative estimate of drug-likeness (QED) is 0.651. The second kappa shape index (κ2) is 8.22. The zero-order valence-corrected chi connectivity index (χ0v) is 17.1. The lowest BCUT2D eigenvalue weighted by atomic mass is 10.1. The Labute approximate surface area is 171 Å². The lowest BCUT2D eigenvalue weighted by Crippen LogP contribution is -2.50. The number of rotatable bonds is 5. The molecule has 146 valence electrons. The maximum absolute atomic E-state index is 12.5. The largest absolute Gasteiger partial charge is 0.444 e. The number of aromatic amines is 1. The minimum atomic E-state index is -0.128. The minimum absolute atomic E-state index is 0.128. The number of aromatic nitrogens is 1. The highest BCUT2D eigenvalue weighted by Gasteiger charge is 2.26. The van der Waals surface area contributed by atoms with Crippen LogP contribution in [0, 0.1) is 0 Å². The zero-order valence-electron chi connectivity index (χ0n) is 15.5. The topological polar surface area (TPSA) is 69.6 Å². The normalized spacial score (nSPS) is 14.6. The monoisotopic (exact) mass is 443 g/mol. The molecule has 6 nitrogen and oxygen atoms in total. The molecule has 0 spiro atoms. The van der Waals surface area contributed by atoms with Crippen LogP contribution in [0.4, 0.5) is 0 Å². The Kier molecular flexibility index (Phi) is 5.52. The number of aryl methyl sites for hydroxylation is 1. The summed E-state index contributed by atoms with van der Waals surface area (Å²) in [7, 11) is 0. The highest BCUT2D eigenvalue weighted by Crippen LogP contribution is 2.20. The lowest BCUT2D eigenvalue weighted by Gasteiger charge is -2.34. The van der Waals surface area contributed by atoms with E-state index in [4.69, 9.17) is 4.42 Å². The van der Waals surface area contributed by atoms with Gasteiger partial charge in [-0.05, 0) is 52.5 Å². The molecule has 0 aliphatic carbocycles. The number of halogens is 1. The van der Waals surface area contributed by atoms with Gasteiger partial charge in [-0.15, -0.1) is 0 Å². The molecular weight excluding hydrogens is 422 g/mol. The van der Waals surface area contributed by atoms with Crippen molar-refractivity contribution in [2.24, 2.45) is 0 Å². The second-order valence-corrected chi connectivity index (χ2v) is 7.77. The molecule has 1 aliphatic rings. The number of fused-ring (bicyclic) bond motifs is 1.